The van der Waals surface area contributed by atoms with Gasteiger partial charge in [-0.2, -0.15) is 5.10 Å². The maximum atomic E-state index is 4.30. The molecule has 0 aliphatic carbocycles. The first-order chi connectivity index (χ1) is 9.63. The van der Waals surface area contributed by atoms with Crippen LogP contribution in [0.1, 0.15) is 16.3 Å². The van der Waals surface area contributed by atoms with E-state index in [2.05, 4.69) is 61.9 Å². The number of hydrogen-bond donors (Lipinski definition) is 1. The Morgan fingerprint density at radius 1 is 1.25 bits per heavy atom. The number of aryl methyl sites for hydroxylation is 2. The summed E-state index contributed by atoms with van der Waals surface area (Å²) in [4.78, 5) is 6.41. The Balaban J connectivity index is 1.60. The zero-order chi connectivity index (χ0) is 14.1. The summed E-state index contributed by atoms with van der Waals surface area (Å²) in [6.45, 7) is 9.62. The zero-order valence-electron chi connectivity index (χ0n) is 11.8. The van der Waals surface area contributed by atoms with Crippen molar-refractivity contribution in [2.45, 2.75) is 20.4 Å². The molecule has 1 aliphatic heterocycles. The lowest BCUT2D eigenvalue weighted by molar-refractivity contribution is 0.252. The van der Waals surface area contributed by atoms with E-state index in [0.717, 1.165) is 38.4 Å². The number of anilines is 1. The molecule has 3 heterocycles. The van der Waals surface area contributed by atoms with Crippen LogP contribution in [-0.2, 0) is 6.54 Å². The molecule has 0 atom stereocenters. The lowest BCUT2D eigenvalue weighted by Crippen LogP contribution is -2.46. The summed E-state index contributed by atoms with van der Waals surface area (Å²) in [5, 5.41) is 7.38. The lowest BCUT2D eigenvalue weighted by atomic mass is 10.2. The second-order valence-corrected chi connectivity index (χ2v) is 7.80. The van der Waals surface area contributed by atoms with Crippen molar-refractivity contribution < 1.29 is 0 Å². The Morgan fingerprint density at radius 3 is 2.55 bits per heavy atom. The Morgan fingerprint density at radius 2 is 2.00 bits per heavy atom. The first-order valence-electron chi connectivity index (χ1n) is 6.86. The van der Waals surface area contributed by atoms with Gasteiger partial charge in [0.2, 0.25) is 0 Å². The van der Waals surface area contributed by atoms with Crippen LogP contribution in [0.15, 0.2) is 15.9 Å². The van der Waals surface area contributed by atoms with Gasteiger partial charge in [-0.3, -0.25) is 10.00 Å². The summed E-state index contributed by atoms with van der Waals surface area (Å²) in [7, 11) is 0. The maximum Gasteiger partial charge on any atom is 0.0827 e. The van der Waals surface area contributed by atoms with Crippen molar-refractivity contribution in [3.8, 4) is 0 Å². The third kappa shape index (κ3) is 2.92. The SMILES string of the molecule is Cc1n[nH]c(C)c1N1CCN(Cc2ccc(Br)s2)CC1. The average molecular weight is 355 g/mol. The average Bonchev–Trinajstić information content (AvgIpc) is 2.98. The van der Waals surface area contributed by atoms with Crippen LogP contribution in [0.2, 0.25) is 0 Å². The number of thiophene rings is 1. The van der Waals surface area contributed by atoms with Crippen LogP contribution in [0, 0.1) is 13.8 Å². The van der Waals surface area contributed by atoms with Gasteiger partial charge >= 0.3 is 0 Å². The third-order valence-electron chi connectivity index (χ3n) is 3.79. The predicted octanol–water partition coefficient (Wildman–Crippen LogP) is 3.17. The molecule has 2 aromatic heterocycles. The van der Waals surface area contributed by atoms with Crippen molar-refractivity contribution in [1.29, 1.82) is 0 Å². The largest absolute Gasteiger partial charge is 0.366 e. The van der Waals surface area contributed by atoms with Crippen LogP contribution < -0.4 is 4.90 Å². The molecular weight excluding hydrogens is 336 g/mol. The van der Waals surface area contributed by atoms with E-state index >= 15 is 0 Å². The summed E-state index contributed by atoms with van der Waals surface area (Å²) in [6.07, 6.45) is 0. The minimum atomic E-state index is 1.06. The van der Waals surface area contributed by atoms with Crippen molar-refractivity contribution in [1.82, 2.24) is 15.1 Å². The molecule has 4 nitrogen and oxygen atoms in total. The molecule has 0 saturated carbocycles. The minimum Gasteiger partial charge on any atom is -0.366 e. The molecular formula is C14H19BrN4S. The molecule has 0 aromatic carbocycles. The second-order valence-electron chi connectivity index (χ2n) is 5.25. The van der Waals surface area contributed by atoms with Crippen LogP contribution >= 0.6 is 27.3 Å². The summed E-state index contributed by atoms with van der Waals surface area (Å²) in [6, 6.07) is 4.35. The van der Waals surface area contributed by atoms with Crippen LogP contribution in [0.25, 0.3) is 0 Å². The fourth-order valence-corrected chi connectivity index (χ4v) is 4.32. The van der Waals surface area contributed by atoms with E-state index in [9.17, 15) is 0 Å². The standard InChI is InChI=1S/C14H19BrN4S/c1-10-14(11(2)17-16-10)19-7-5-18(6-8-19)9-12-3-4-13(15)20-12/h3-4H,5-9H2,1-2H3,(H,16,17). The number of rotatable bonds is 3. The molecule has 108 valence electrons. The van der Waals surface area contributed by atoms with E-state index in [1.54, 1.807) is 0 Å². The minimum absolute atomic E-state index is 1.06. The molecule has 1 fully saturated rings. The van der Waals surface area contributed by atoms with Crippen molar-refractivity contribution in [2.75, 3.05) is 31.1 Å². The normalized spacial score (nSPS) is 16.9. The Bertz CT molecular complexity index is 564. The Hall–Kier alpha value is -0.850. The number of piperazine rings is 1. The lowest BCUT2D eigenvalue weighted by Gasteiger charge is -2.36. The van der Waals surface area contributed by atoms with Crippen molar-refractivity contribution in [3.63, 3.8) is 0 Å². The first kappa shape index (κ1) is 14.1. The molecule has 0 radical (unpaired) electrons. The summed E-state index contributed by atoms with van der Waals surface area (Å²) >= 11 is 5.36. The molecule has 0 spiro atoms. The highest BCUT2D eigenvalue weighted by molar-refractivity contribution is 9.11. The van der Waals surface area contributed by atoms with Gasteiger partial charge in [0.25, 0.3) is 0 Å². The van der Waals surface area contributed by atoms with Gasteiger partial charge in [0.15, 0.2) is 0 Å². The van der Waals surface area contributed by atoms with Gasteiger partial charge in [0, 0.05) is 37.6 Å². The quantitative estimate of drug-likeness (QED) is 0.919. The topological polar surface area (TPSA) is 35.2 Å². The molecule has 2 aromatic rings. The highest BCUT2D eigenvalue weighted by atomic mass is 79.9. The van der Waals surface area contributed by atoms with E-state index in [4.69, 9.17) is 0 Å². The van der Waals surface area contributed by atoms with Gasteiger partial charge in [-0.15, -0.1) is 11.3 Å². The second kappa shape index (κ2) is 5.87. The molecule has 0 unspecified atom stereocenters. The van der Waals surface area contributed by atoms with Crippen LogP contribution in [-0.4, -0.2) is 41.3 Å². The highest BCUT2D eigenvalue weighted by Gasteiger charge is 2.21. The maximum absolute atomic E-state index is 4.30. The van der Waals surface area contributed by atoms with E-state index in [-0.39, 0.29) is 0 Å². The molecule has 1 N–H and O–H groups in total. The molecule has 1 saturated heterocycles. The van der Waals surface area contributed by atoms with Crippen LogP contribution in [0.4, 0.5) is 5.69 Å². The molecule has 0 bridgehead atoms. The van der Waals surface area contributed by atoms with E-state index in [1.165, 1.54) is 20.0 Å². The van der Waals surface area contributed by atoms with Gasteiger partial charge in [-0.1, -0.05) is 0 Å². The fraction of sp³-hybridized carbons (Fsp3) is 0.500. The van der Waals surface area contributed by atoms with Crippen LogP contribution in [0.5, 0.6) is 0 Å². The number of nitrogens with one attached hydrogen (secondary N) is 1. The third-order valence-corrected chi connectivity index (χ3v) is 5.39. The summed E-state index contributed by atoms with van der Waals surface area (Å²) in [5.41, 5.74) is 3.58. The first-order valence-corrected chi connectivity index (χ1v) is 8.47. The summed E-state index contributed by atoms with van der Waals surface area (Å²) in [5.74, 6) is 0. The molecule has 6 heteroatoms. The molecule has 0 amide bonds. The van der Waals surface area contributed by atoms with Gasteiger partial charge < -0.3 is 4.90 Å². The van der Waals surface area contributed by atoms with E-state index in [1.807, 2.05) is 11.3 Å². The number of nitrogens with zero attached hydrogens (tertiary/aromatic N) is 3. The fourth-order valence-electron chi connectivity index (χ4n) is 2.80. The molecule has 3 rings (SSSR count). The number of aromatic amines is 1. The zero-order valence-corrected chi connectivity index (χ0v) is 14.2. The Labute approximate surface area is 131 Å². The number of H-pyrrole nitrogens is 1. The predicted molar refractivity (Wildman–Crippen MR) is 87.6 cm³/mol. The van der Waals surface area contributed by atoms with Crippen molar-refractivity contribution >= 4 is 33.0 Å². The van der Waals surface area contributed by atoms with Gasteiger partial charge in [-0.25, -0.2) is 0 Å². The van der Waals surface area contributed by atoms with Crippen molar-refractivity contribution in [3.05, 3.63) is 32.2 Å². The van der Waals surface area contributed by atoms with Crippen molar-refractivity contribution in [2.24, 2.45) is 0 Å². The van der Waals surface area contributed by atoms with E-state index in [0.29, 0.717) is 0 Å². The van der Waals surface area contributed by atoms with Gasteiger partial charge in [0.1, 0.15) is 0 Å². The highest BCUT2D eigenvalue weighted by Crippen LogP contribution is 2.26. The number of aromatic nitrogens is 2. The molecule has 1 aliphatic rings. The number of hydrogen-bond acceptors (Lipinski definition) is 4. The molecule has 20 heavy (non-hydrogen) atoms. The number of halogens is 1. The van der Waals surface area contributed by atoms with E-state index < -0.39 is 0 Å². The summed E-state index contributed by atoms with van der Waals surface area (Å²) < 4.78 is 1.22. The van der Waals surface area contributed by atoms with Gasteiger partial charge in [-0.05, 0) is 41.9 Å². The monoisotopic (exact) mass is 354 g/mol. The van der Waals surface area contributed by atoms with Gasteiger partial charge in [0.05, 0.1) is 20.9 Å². The smallest absolute Gasteiger partial charge is 0.0827 e. The Kier molecular flexibility index (Phi) is 4.14. The van der Waals surface area contributed by atoms with Crippen LogP contribution in [0.3, 0.4) is 0 Å².